The van der Waals surface area contributed by atoms with Crippen molar-refractivity contribution in [1.29, 1.82) is 0 Å². The minimum absolute atomic E-state index is 0.188. The Labute approximate surface area is 121 Å². The lowest BCUT2D eigenvalue weighted by atomic mass is 10.1. The molecule has 2 aromatic rings. The lowest BCUT2D eigenvalue weighted by molar-refractivity contribution is -0.123. The van der Waals surface area contributed by atoms with E-state index in [1.807, 2.05) is 0 Å². The van der Waals surface area contributed by atoms with E-state index in [0.717, 1.165) is 12.8 Å². The molecule has 1 aliphatic rings. The van der Waals surface area contributed by atoms with Gasteiger partial charge in [-0.3, -0.25) is 4.79 Å². The second-order valence-corrected chi connectivity index (χ2v) is 5.16. The fraction of sp³-hybridized carbons (Fsp3) is 0.462. The van der Waals surface area contributed by atoms with Crippen molar-refractivity contribution in [3.63, 3.8) is 0 Å². The highest BCUT2D eigenvalue weighted by Gasteiger charge is 2.48. The molecule has 1 unspecified atom stereocenters. The predicted molar refractivity (Wildman–Crippen MR) is 73.7 cm³/mol. The molecule has 8 heteroatoms. The topological polar surface area (TPSA) is 112 Å². The van der Waals surface area contributed by atoms with Crippen LogP contribution in [-0.4, -0.2) is 36.9 Å². The molecule has 3 rings (SSSR count). The van der Waals surface area contributed by atoms with Crippen LogP contribution in [0.1, 0.15) is 25.1 Å². The van der Waals surface area contributed by atoms with Crippen LogP contribution in [0.3, 0.4) is 0 Å². The van der Waals surface area contributed by atoms with Crippen molar-refractivity contribution in [3.8, 4) is 0 Å². The third-order valence-corrected chi connectivity index (χ3v) is 3.55. The molecule has 0 saturated heterocycles. The first-order chi connectivity index (χ1) is 10.2. The maximum atomic E-state index is 12.2. The van der Waals surface area contributed by atoms with E-state index in [4.69, 9.17) is 5.73 Å². The number of hydrogen-bond donors (Lipinski definition) is 2. The zero-order chi connectivity index (χ0) is 14.7. The largest absolute Gasteiger partial charge is 0.342 e. The summed E-state index contributed by atoms with van der Waals surface area (Å²) in [5.41, 5.74) is 5.49. The second-order valence-electron chi connectivity index (χ2n) is 5.16. The molecule has 0 bridgehead atoms. The van der Waals surface area contributed by atoms with Gasteiger partial charge in [0.15, 0.2) is 5.82 Å². The first kappa shape index (κ1) is 13.6. The Bertz CT molecular complexity index is 594. The molecule has 0 radical (unpaired) electrons. The zero-order valence-corrected chi connectivity index (χ0v) is 11.5. The highest BCUT2D eigenvalue weighted by molar-refractivity contribution is 5.82. The van der Waals surface area contributed by atoms with Gasteiger partial charge in [-0.1, -0.05) is 0 Å². The van der Waals surface area contributed by atoms with Crippen LogP contribution in [0.4, 0.5) is 0 Å². The van der Waals surface area contributed by atoms with Crippen molar-refractivity contribution >= 4 is 5.91 Å². The SMILES string of the molecule is NC(CCn1nccn1)C(=O)NC1(c2ncccn2)CC1. The summed E-state index contributed by atoms with van der Waals surface area (Å²) in [6, 6.07) is 1.15. The molecule has 2 heterocycles. The number of nitrogens with zero attached hydrogens (tertiary/aromatic N) is 5. The van der Waals surface area contributed by atoms with Gasteiger partial charge in [0.2, 0.25) is 5.91 Å². The number of rotatable bonds is 6. The molecular formula is C13H17N7O. The number of hydrogen-bond acceptors (Lipinski definition) is 6. The minimum atomic E-state index is -0.600. The molecule has 3 N–H and O–H groups in total. The van der Waals surface area contributed by atoms with E-state index in [2.05, 4.69) is 25.5 Å². The van der Waals surface area contributed by atoms with Gasteiger partial charge in [0, 0.05) is 12.4 Å². The molecule has 0 aliphatic heterocycles. The average molecular weight is 287 g/mol. The monoisotopic (exact) mass is 287 g/mol. The molecule has 0 aromatic carbocycles. The van der Waals surface area contributed by atoms with Gasteiger partial charge in [-0.25, -0.2) is 9.97 Å². The van der Waals surface area contributed by atoms with E-state index in [0.29, 0.717) is 18.8 Å². The molecule has 0 spiro atoms. The van der Waals surface area contributed by atoms with Crippen molar-refractivity contribution < 1.29 is 4.79 Å². The fourth-order valence-electron chi connectivity index (χ4n) is 2.15. The predicted octanol–water partition coefficient (Wildman–Crippen LogP) is -0.409. The molecule has 8 nitrogen and oxygen atoms in total. The normalized spacial score (nSPS) is 17.2. The van der Waals surface area contributed by atoms with E-state index in [1.54, 1.807) is 30.9 Å². The van der Waals surface area contributed by atoms with Gasteiger partial charge in [0.05, 0.1) is 30.5 Å². The third-order valence-electron chi connectivity index (χ3n) is 3.55. The van der Waals surface area contributed by atoms with Crippen molar-refractivity contribution in [2.45, 2.75) is 37.4 Å². The summed E-state index contributed by atoms with van der Waals surface area (Å²) in [4.78, 5) is 22.1. The molecule has 110 valence electrons. The first-order valence-corrected chi connectivity index (χ1v) is 6.89. The smallest absolute Gasteiger partial charge is 0.237 e. The van der Waals surface area contributed by atoms with E-state index < -0.39 is 11.6 Å². The van der Waals surface area contributed by atoms with Gasteiger partial charge in [0.1, 0.15) is 0 Å². The van der Waals surface area contributed by atoms with E-state index >= 15 is 0 Å². The molecule has 21 heavy (non-hydrogen) atoms. The maximum Gasteiger partial charge on any atom is 0.237 e. The van der Waals surface area contributed by atoms with Crippen LogP contribution in [0.15, 0.2) is 30.9 Å². The molecule has 1 aliphatic carbocycles. The summed E-state index contributed by atoms with van der Waals surface area (Å²) in [5, 5.41) is 10.9. The van der Waals surface area contributed by atoms with Crippen LogP contribution in [-0.2, 0) is 16.9 Å². The Kier molecular flexibility index (Phi) is 3.61. The lowest BCUT2D eigenvalue weighted by Gasteiger charge is -2.18. The van der Waals surface area contributed by atoms with Gasteiger partial charge in [-0.05, 0) is 25.3 Å². The summed E-state index contributed by atoms with van der Waals surface area (Å²) in [6.45, 7) is 0.510. The standard InChI is InChI=1S/C13H17N7O/c14-10(2-9-20-17-7-8-18-20)11(21)19-13(3-4-13)12-15-5-1-6-16-12/h1,5-8,10H,2-4,9,14H2,(H,19,21). The number of nitrogens with two attached hydrogens (primary N) is 1. The number of carbonyl (C=O) groups is 1. The van der Waals surface area contributed by atoms with Crippen LogP contribution in [0.25, 0.3) is 0 Å². The lowest BCUT2D eigenvalue weighted by Crippen LogP contribution is -2.46. The van der Waals surface area contributed by atoms with Crippen LogP contribution in [0, 0.1) is 0 Å². The Balaban J connectivity index is 1.56. The number of aryl methyl sites for hydroxylation is 1. The Morgan fingerprint density at radius 2 is 1.95 bits per heavy atom. The van der Waals surface area contributed by atoms with Gasteiger partial charge < -0.3 is 11.1 Å². The van der Waals surface area contributed by atoms with E-state index in [9.17, 15) is 4.79 Å². The Hall–Kier alpha value is -2.35. The van der Waals surface area contributed by atoms with Gasteiger partial charge in [-0.15, -0.1) is 0 Å². The third kappa shape index (κ3) is 3.05. The Morgan fingerprint density at radius 1 is 1.29 bits per heavy atom. The molecule has 1 amide bonds. The highest BCUT2D eigenvalue weighted by atomic mass is 16.2. The fourth-order valence-corrected chi connectivity index (χ4v) is 2.15. The van der Waals surface area contributed by atoms with Gasteiger partial charge in [0.25, 0.3) is 0 Å². The first-order valence-electron chi connectivity index (χ1n) is 6.89. The van der Waals surface area contributed by atoms with E-state index in [1.165, 1.54) is 4.80 Å². The molecule has 2 aromatic heterocycles. The summed E-state index contributed by atoms with van der Waals surface area (Å²) in [7, 11) is 0. The van der Waals surface area contributed by atoms with Crippen molar-refractivity contribution in [2.75, 3.05) is 0 Å². The summed E-state index contributed by atoms with van der Waals surface area (Å²) in [5.74, 6) is 0.464. The van der Waals surface area contributed by atoms with Crippen LogP contribution < -0.4 is 11.1 Å². The summed E-state index contributed by atoms with van der Waals surface area (Å²) < 4.78 is 0. The van der Waals surface area contributed by atoms with Gasteiger partial charge >= 0.3 is 0 Å². The highest BCUT2D eigenvalue weighted by Crippen LogP contribution is 2.43. The van der Waals surface area contributed by atoms with Crippen LogP contribution in [0.5, 0.6) is 0 Å². The van der Waals surface area contributed by atoms with Crippen molar-refractivity contribution in [1.82, 2.24) is 30.3 Å². The van der Waals surface area contributed by atoms with Crippen LogP contribution >= 0.6 is 0 Å². The number of aromatic nitrogens is 5. The quantitative estimate of drug-likeness (QED) is 0.747. The molecular weight excluding hydrogens is 270 g/mol. The number of amides is 1. The van der Waals surface area contributed by atoms with Crippen LogP contribution in [0.2, 0.25) is 0 Å². The Morgan fingerprint density at radius 3 is 2.57 bits per heavy atom. The average Bonchev–Trinajstić information content (AvgIpc) is 3.11. The second kappa shape index (κ2) is 5.57. The van der Waals surface area contributed by atoms with E-state index in [-0.39, 0.29) is 5.91 Å². The summed E-state index contributed by atoms with van der Waals surface area (Å²) >= 11 is 0. The number of nitrogens with one attached hydrogen (secondary N) is 1. The summed E-state index contributed by atoms with van der Waals surface area (Å²) in [6.07, 6.45) is 8.71. The maximum absolute atomic E-state index is 12.2. The van der Waals surface area contributed by atoms with Crippen molar-refractivity contribution in [3.05, 3.63) is 36.7 Å². The number of carbonyl (C=O) groups excluding carboxylic acids is 1. The molecule has 1 atom stereocenters. The van der Waals surface area contributed by atoms with Crippen molar-refractivity contribution in [2.24, 2.45) is 5.73 Å². The minimum Gasteiger partial charge on any atom is -0.342 e. The van der Waals surface area contributed by atoms with Gasteiger partial charge in [-0.2, -0.15) is 15.0 Å². The molecule has 1 fully saturated rings. The molecule has 1 saturated carbocycles. The zero-order valence-electron chi connectivity index (χ0n) is 11.5.